The van der Waals surface area contributed by atoms with E-state index in [1.807, 2.05) is 18.2 Å². The normalized spacial score (nSPS) is 10.9. The maximum absolute atomic E-state index is 6.10. The highest BCUT2D eigenvalue weighted by atomic mass is 35.5. The van der Waals surface area contributed by atoms with Crippen molar-refractivity contribution >= 4 is 39.1 Å². The van der Waals surface area contributed by atoms with E-state index in [0.29, 0.717) is 16.7 Å². The minimum atomic E-state index is 0.198. The molecule has 0 saturated carbocycles. The van der Waals surface area contributed by atoms with Gasteiger partial charge in [-0.25, -0.2) is 4.98 Å². The molecule has 1 aromatic carbocycles. The van der Waals surface area contributed by atoms with E-state index in [9.17, 15) is 0 Å². The van der Waals surface area contributed by atoms with E-state index in [0.717, 1.165) is 16.6 Å². The molecule has 0 unspecified atom stereocenters. The van der Waals surface area contributed by atoms with Gasteiger partial charge in [-0.1, -0.05) is 30.7 Å². The molecule has 4 nitrogen and oxygen atoms in total. The quantitative estimate of drug-likeness (QED) is 0.784. The van der Waals surface area contributed by atoms with Gasteiger partial charge in [-0.2, -0.15) is 4.98 Å². The zero-order valence-electron chi connectivity index (χ0n) is 10.8. The fourth-order valence-corrected chi connectivity index (χ4v) is 2.98. The first-order chi connectivity index (χ1) is 9.67. The van der Waals surface area contributed by atoms with Gasteiger partial charge in [0, 0.05) is 4.88 Å². The van der Waals surface area contributed by atoms with Gasteiger partial charge in [0.15, 0.2) is 0 Å². The van der Waals surface area contributed by atoms with Crippen molar-refractivity contribution in [2.45, 2.75) is 13.3 Å². The molecule has 0 saturated heterocycles. The van der Waals surface area contributed by atoms with Crippen molar-refractivity contribution in [1.82, 2.24) is 9.97 Å². The lowest BCUT2D eigenvalue weighted by atomic mass is 10.3. The highest BCUT2D eigenvalue weighted by Crippen LogP contribution is 2.35. The first kappa shape index (κ1) is 13.1. The third-order valence-electron chi connectivity index (χ3n) is 2.82. The third-order valence-corrected chi connectivity index (χ3v) is 4.30. The molecule has 6 heteroatoms. The van der Waals surface area contributed by atoms with Gasteiger partial charge >= 0.3 is 0 Å². The largest absolute Gasteiger partial charge is 0.437 e. The molecule has 0 amide bonds. The fraction of sp³-hybridized carbons (Fsp3) is 0.143. The average Bonchev–Trinajstić information content (AvgIpc) is 2.84. The minimum absolute atomic E-state index is 0.198. The van der Waals surface area contributed by atoms with E-state index in [1.54, 1.807) is 23.5 Å². The zero-order chi connectivity index (χ0) is 14.1. The number of hydrogen-bond donors (Lipinski definition) is 1. The van der Waals surface area contributed by atoms with E-state index in [-0.39, 0.29) is 5.95 Å². The maximum atomic E-state index is 6.10. The summed E-state index contributed by atoms with van der Waals surface area (Å²) in [5, 5.41) is 1.39. The lowest BCUT2D eigenvalue weighted by Gasteiger charge is -2.07. The molecule has 0 aliphatic rings. The Morgan fingerprint density at radius 1 is 1.30 bits per heavy atom. The van der Waals surface area contributed by atoms with Gasteiger partial charge in [0.25, 0.3) is 0 Å². The number of fused-ring (bicyclic) bond motifs is 1. The third kappa shape index (κ3) is 2.42. The van der Waals surface area contributed by atoms with Gasteiger partial charge in [0.05, 0.1) is 10.4 Å². The van der Waals surface area contributed by atoms with Crippen molar-refractivity contribution < 1.29 is 4.74 Å². The van der Waals surface area contributed by atoms with Crippen molar-refractivity contribution in [2.24, 2.45) is 0 Å². The number of aromatic nitrogens is 2. The Morgan fingerprint density at radius 2 is 2.10 bits per heavy atom. The van der Waals surface area contributed by atoms with E-state index in [2.05, 4.69) is 16.9 Å². The Hall–Kier alpha value is -1.85. The summed E-state index contributed by atoms with van der Waals surface area (Å²) >= 11 is 7.70. The summed E-state index contributed by atoms with van der Waals surface area (Å²) in [5.74, 6) is 1.19. The predicted molar refractivity (Wildman–Crippen MR) is 82.7 cm³/mol. The molecular formula is C14H12ClN3OS. The number of nitrogen functional groups attached to an aromatic ring is 1. The molecule has 2 aromatic heterocycles. The summed E-state index contributed by atoms with van der Waals surface area (Å²) in [6.45, 7) is 2.09. The topological polar surface area (TPSA) is 61.0 Å². The molecular weight excluding hydrogens is 294 g/mol. The molecule has 0 spiro atoms. The van der Waals surface area contributed by atoms with Crippen molar-refractivity contribution in [1.29, 1.82) is 0 Å². The van der Waals surface area contributed by atoms with Crippen LogP contribution in [0.1, 0.15) is 11.8 Å². The molecule has 0 aliphatic carbocycles. The second-order valence-corrected chi connectivity index (χ2v) is 5.73. The first-order valence-electron chi connectivity index (χ1n) is 6.15. The second-order valence-electron chi connectivity index (χ2n) is 4.20. The van der Waals surface area contributed by atoms with Gasteiger partial charge in [-0.15, -0.1) is 11.3 Å². The van der Waals surface area contributed by atoms with Crippen LogP contribution in [0.4, 0.5) is 5.95 Å². The van der Waals surface area contributed by atoms with E-state index < -0.39 is 0 Å². The molecule has 20 heavy (non-hydrogen) atoms. The maximum Gasteiger partial charge on any atom is 0.232 e. The Labute approximate surface area is 125 Å². The standard InChI is InChI=1S/C14H12ClN3OS/c1-2-8-7-9-12(17-14(16)18-13(9)20-8)19-11-6-4-3-5-10(11)15/h3-7H,2H2,1H3,(H2,16,17,18). The Kier molecular flexibility index (Phi) is 3.46. The monoisotopic (exact) mass is 305 g/mol. The van der Waals surface area contributed by atoms with Crippen LogP contribution >= 0.6 is 22.9 Å². The fourth-order valence-electron chi connectivity index (χ4n) is 1.84. The number of thiophene rings is 1. The number of aryl methyl sites for hydroxylation is 1. The van der Waals surface area contributed by atoms with Crippen molar-refractivity contribution in [3.63, 3.8) is 0 Å². The lowest BCUT2D eigenvalue weighted by Crippen LogP contribution is -1.97. The molecule has 2 N–H and O–H groups in total. The van der Waals surface area contributed by atoms with Crippen LogP contribution in [0.25, 0.3) is 10.2 Å². The van der Waals surface area contributed by atoms with Gasteiger partial charge < -0.3 is 10.5 Å². The predicted octanol–water partition coefficient (Wildman–Crippen LogP) is 4.28. The summed E-state index contributed by atoms with van der Waals surface area (Å²) in [7, 11) is 0. The molecule has 0 bridgehead atoms. The van der Waals surface area contributed by atoms with Crippen molar-refractivity contribution in [2.75, 3.05) is 5.73 Å². The second kappa shape index (κ2) is 5.26. The molecule has 3 aromatic rings. The minimum Gasteiger partial charge on any atom is -0.437 e. The van der Waals surface area contributed by atoms with Gasteiger partial charge in [-0.05, 0) is 24.6 Å². The Bertz CT molecular complexity index is 772. The average molecular weight is 306 g/mol. The van der Waals surface area contributed by atoms with Crippen LogP contribution in [0, 0.1) is 0 Å². The van der Waals surface area contributed by atoms with Crippen molar-refractivity contribution in [3.05, 3.63) is 40.2 Å². The Balaban J connectivity index is 2.11. The van der Waals surface area contributed by atoms with E-state index >= 15 is 0 Å². The number of nitrogens with zero attached hydrogens (tertiary/aromatic N) is 2. The molecule has 2 heterocycles. The highest BCUT2D eigenvalue weighted by molar-refractivity contribution is 7.18. The summed E-state index contributed by atoms with van der Waals surface area (Å²) in [6.07, 6.45) is 0.937. The number of rotatable bonds is 3. The molecule has 3 rings (SSSR count). The van der Waals surface area contributed by atoms with Crippen LogP contribution in [0.5, 0.6) is 11.6 Å². The molecule has 0 fully saturated rings. The zero-order valence-corrected chi connectivity index (χ0v) is 12.3. The van der Waals surface area contributed by atoms with Crippen LogP contribution in [-0.4, -0.2) is 9.97 Å². The SMILES string of the molecule is CCc1cc2c(Oc3ccccc3Cl)nc(N)nc2s1. The van der Waals surface area contributed by atoms with Crippen LogP contribution in [0.2, 0.25) is 5.02 Å². The number of halogens is 1. The van der Waals surface area contributed by atoms with E-state index in [1.165, 1.54) is 4.88 Å². The number of anilines is 1. The van der Waals surface area contributed by atoms with Gasteiger partial charge in [-0.3, -0.25) is 0 Å². The highest BCUT2D eigenvalue weighted by Gasteiger charge is 2.13. The van der Waals surface area contributed by atoms with Crippen LogP contribution in [0.15, 0.2) is 30.3 Å². The van der Waals surface area contributed by atoms with Crippen molar-refractivity contribution in [3.8, 4) is 11.6 Å². The number of ether oxygens (including phenoxy) is 1. The number of benzene rings is 1. The van der Waals surface area contributed by atoms with Gasteiger partial charge in [0.1, 0.15) is 10.6 Å². The van der Waals surface area contributed by atoms with E-state index in [4.69, 9.17) is 22.1 Å². The smallest absolute Gasteiger partial charge is 0.232 e. The molecule has 0 radical (unpaired) electrons. The first-order valence-corrected chi connectivity index (χ1v) is 7.35. The summed E-state index contributed by atoms with van der Waals surface area (Å²) < 4.78 is 5.80. The van der Waals surface area contributed by atoms with Crippen LogP contribution in [-0.2, 0) is 6.42 Å². The lowest BCUT2D eigenvalue weighted by molar-refractivity contribution is 0.469. The molecule has 102 valence electrons. The Morgan fingerprint density at radius 3 is 2.85 bits per heavy atom. The number of para-hydroxylation sites is 1. The summed E-state index contributed by atoms with van der Waals surface area (Å²) in [6, 6.07) is 9.29. The summed E-state index contributed by atoms with van der Waals surface area (Å²) in [5.41, 5.74) is 5.74. The van der Waals surface area contributed by atoms with Gasteiger partial charge in [0.2, 0.25) is 11.8 Å². The molecule has 0 atom stereocenters. The molecule has 0 aliphatic heterocycles. The van der Waals surface area contributed by atoms with Crippen LogP contribution in [0.3, 0.4) is 0 Å². The van der Waals surface area contributed by atoms with Crippen LogP contribution < -0.4 is 10.5 Å². The number of hydrogen-bond acceptors (Lipinski definition) is 5. The number of nitrogens with two attached hydrogens (primary N) is 1. The summed E-state index contributed by atoms with van der Waals surface area (Å²) in [4.78, 5) is 10.5.